The maximum atomic E-state index is 13.5. The molecule has 0 amide bonds. The monoisotopic (exact) mass is 348 g/mol. The van der Waals surface area contributed by atoms with Crippen LogP contribution in [0.1, 0.15) is 33.8 Å². The van der Waals surface area contributed by atoms with E-state index in [1.807, 2.05) is 24.3 Å². The number of aryl methyl sites for hydroxylation is 1. The van der Waals surface area contributed by atoms with Gasteiger partial charge in [-0.25, -0.2) is 0 Å². The van der Waals surface area contributed by atoms with Gasteiger partial charge in [-0.1, -0.05) is 42.5 Å². The van der Waals surface area contributed by atoms with E-state index in [2.05, 4.69) is 0 Å². The molecule has 0 N–H and O–H groups in total. The number of methoxy groups -OCH3 is 1. The number of benzene rings is 2. The van der Waals surface area contributed by atoms with E-state index in [-0.39, 0.29) is 5.78 Å². The molecule has 3 unspecified atom stereocenters. The van der Waals surface area contributed by atoms with Gasteiger partial charge in [0.05, 0.1) is 12.5 Å². The van der Waals surface area contributed by atoms with Crippen molar-refractivity contribution in [1.82, 2.24) is 0 Å². The van der Waals surface area contributed by atoms with Crippen molar-refractivity contribution < 1.29 is 23.9 Å². The Balaban J connectivity index is 1.77. The second-order valence-corrected chi connectivity index (χ2v) is 7.12. The van der Waals surface area contributed by atoms with Crippen molar-refractivity contribution in [2.75, 3.05) is 7.11 Å². The lowest BCUT2D eigenvalue weighted by Crippen LogP contribution is -2.41. The molecular formula is C21H16O5. The summed E-state index contributed by atoms with van der Waals surface area (Å²) < 4.78 is 10.5. The summed E-state index contributed by atoms with van der Waals surface area (Å²) in [5, 5.41) is 0. The van der Waals surface area contributed by atoms with Crippen molar-refractivity contribution in [1.29, 1.82) is 0 Å². The Bertz CT molecular complexity index is 993. The van der Waals surface area contributed by atoms with Gasteiger partial charge in [0, 0.05) is 17.0 Å². The summed E-state index contributed by atoms with van der Waals surface area (Å²) in [5.41, 5.74) is -0.445. The largest absolute Gasteiger partial charge is 0.468 e. The smallest absolute Gasteiger partial charge is 0.330 e. The molecule has 5 nitrogen and oxygen atoms in total. The predicted molar refractivity (Wildman–Crippen MR) is 90.8 cm³/mol. The number of Topliss-reactive ketones (excluding diaryl/α,β-unsaturated/α-hetero) is 1. The molecule has 1 fully saturated rings. The van der Waals surface area contributed by atoms with Crippen molar-refractivity contribution in [3.8, 4) is 5.75 Å². The number of ketones is 1. The minimum Gasteiger partial charge on any atom is -0.468 e. The van der Waals surface area contributed by atoms with E-state index in [0.29, 0.717) is 24.2 Å². The normalized spacial score (nSPS) is 30.7. The molecule has 3 atom stereocenters. The molecule has 1 heterocycles. The standard InChI is InChI=1S/C21H16O5/c1-25-18(23)21-16(14-8-4-5-9-15(14)26-19(21)24)20(21)11-10-12-6-2-3-7-13(12)17(20)22/h2-9,16H,10-11H2,1H3. The number of carbonyl (C=O) groups is 3. The van der Waals surface area contributed by atoms with Crippen molar-refractivity contribution in [2.45, 2.75) is 18.8 Å². The van der Waals surface area contributed by atoms with Crippen molar-refractivity contribution in [3.63, 3.8) is 0 Å². The maximum absolute atomic E-state index is 13.5. The van der Waals surface area contributed by atoms with Gasteiger partial charge >= 0.3 is 11.9 Å². The van der Waals surface area contributed by atoms with E-state index in [9.17, 15) is 14.4 Å². The Morgan fingerprint density at radius 2 is 1.85 bits per heavy atom. The van der Waals surface area contributed by atoms with Crippen molar-refractivity contribution in [3.05, 3.63) is 65.2 Å². The molecule has 1 saturated carbocycles. The highest BCUT2D eigenvalue weighted by molar-refractivity contribution is 6.21. The lowest BCUT2D eigenvalue weighted by molar-refractivity contribution is -0.160. The van der Waals surface area contributed by atoms with Gasteiger partial charge < -0.3 is 9.47 Å². The SMILES string of the molecule is COC(=O)C12C(=O)Oc3ccccc3C1C21CCc2ccccc2C1=O. The summed E-state index contributed by atoms with van der Waals surface area (Å²) in [6.45, 7) is 0. The summed E-state index contributed by atoms with van der Waals surface area (Å²) in [4.78, 5) is 39.3. The summed E-state index contributed by atoms with van der Waals surface area (Å²) >= 11 is 0. The molecule has 0 aromatic heterocycles. The number of para-hydroxylation sites is 1. The van der Waals surface area contributed by atoms with E-state index in [1.165, 1.54) is 7.11 Å². The molecule has 0 bridgehead atoms. The number of esters is 2. The summed E-state index contributed by atoms with van der Waals surface area (Å²) in [6.07, 6.45) is 1.05. The van der Waals surface area contributed by atoms with Crippen LogP contribution in [0.5, 0.6) is 5.75 Å². The van der Waals surface area contributed by atoms with E-state index < -0.39 is 28.7 Å². The van der Waals surface area contributed by atoms with Crippen LogP contribution in [0, 0.1) is 10.8 Å². The summed E-state index contributed by atoms with van der Waals surface area (Å²) in [7, 11) is 1.25. The van der Waals surface area contributed by atoms with Crippen LogP contribution in [0.3, 0.4) is 0 Å². The third-order valence-electron chi connectivity index (χ3n) is 6.26. The van der Waals surface area contributed by atoms with Gasteiger partial charge in [-0.2, -0.15) is 0 Å². The number of ether oxygens (including phenoxy) is 2. The molecule has 130 valence electrons. The number of rotatable bonds is 1. The topological polar surface area (TPSA) is 69.7 Å². The first-order chi connectivity index (χ1) is 12.6. The third-order valence-corrected chi connectivity index (χ3v) is 6.26. The van der Waals surface area contributed by atoms with Crippen LogP contribution in [0.15, 0.2) is 48.5 Å². The average Bonchev–Trinajstić information content (AvgIpc) is 3.30. The van der Waals surface area contributed by atoms with E-state index in [1.54, 1.807) is 24.3 Å². The molecule has 2 aromatic rings. The highest BCUT2D eigenvalue weighted by atomic mass is 16.6. The number of hydrogen-bond acceptors (Lipinski definition) is 5. The van der Waals surface area contributed by atoms with Gasteiger partial charge in [-0.15, -0.1) is 0 Å². The fourth-order valence-corrected chi connectivity index (χ4v) is 5.17. The fraction of sp³-hybridized carbons (Fsp3) is 0.286. The number of fused-ring (bicyclic) bond motifs is 6. The van der Waals surface area contributed by atoms with Crippen molar-refractivity contribution >= 4 is 17.7 Å². The minimum atomic E-state index is -1.58. The zero-order chi connectivity index (χ0) is 18.1. The highest BCUT2D eigenvalue weighted by Gasteiger charge is 2.90. The van der Waals surface area contributed by atoms with Gasteiger partial charge in [-0.05, 0) is 24.5 Å². The van der Waals surface area contributed by atoms with Crippen LogP contribution in [-0.4, -0.2) is 24.8 Å². The van der Waals surface area contributed by atoms with Crippen LogP contribution in [0.4, 0.5) is 0 Å². The molecule has 2 aromatic carbocycles. The molecule has 3 aliphatic rings. The Morgan fingerprint density at radius 3 is 2.65 bits per heavy atom. The Labute approximate surface area is 149 Å². The summed E-state index contributed by atoms with van der Waals surface area (Å²) in [6, 6.07) is 14.5. The van der Waals surface area contributed by atoms with Gasteiger partial charge in [-0.3, -0.25) is 14.4 Å². The molecule has 26 heavy (non-hydrogen) atoms. The van der Waals surface area contributed by atoms with E-state index >= 15 is 0 Å². The maximum Gasteiger partial charge on any atom is 0.330 e. The molecule has 5 rings (SSSR count). The Kier molecular flexibility index (Phi) is 2.84. The highest BCUT2D eigenvalue weighted by Crippen LogP contribution is 2.81. The van der Waals surface area contributed by atoms with Gasteiger partial charge in [0.15, 0.2) is 11.2 Å². The van der Waals surface area contributed by atoms with Gasteiger partial charge in [0.25, 0.3) is 0 Å². The van der Waals surface area contributed by atoms with Crippen LogP contribution >= 0.6 is 0 Å². The zero-order valence-electron chi connectivity index (χ0n) is 14.2. The second-order valence-electron chi connectivity index (χ2n) is 7.12. The second kappa shape index (κ2) is 4.81. The first kappa shape index (κ1) is 15.3. The molecule has 1 spiro atoms. The molecule has 0 saturated heterocycles. The lowest BCUT2D eigenvalue weighted by Gasteiger charge is -2.26. The zero-order valence-corrected chi connectivity index (χ0v) is 14.2. The van der Waals surface area contributed by atoms with Gasteiger partial charge in [0.2, 0.25) is 0 Å². The van der Waals surface area contributed by atoms with Crippen molar-refractivity contribution in [2.24, 2.45) is 10.8 Å². The van der Waals surface area contributed by atoms with E-state index in [0.717, 1.165) is 11.1 Å². The lowest BCUT2D eigenvalue weighted by atomic mass is 9.75. The first-order valence-corrected chi connectivity index (χ1v) is 8.61. The fourth-order valence-electron chi connectivity index (χ4n) is 5.17. The van der Waals surface area contributed by atoms with Crippen LogP contribution < -0.4 is 4.74 Å². The predicted octanol–water partition coefficient (Wildman–Crippen LogP) is 2.68. The molecule has 5 heteroatoms. The molecular weight excluding hydrogens is 332 g/mol. The quantitative estimate of drug-likeness (QED) is 0.450. The minimum absolute atomic E-state index is 0.164. The van der Waals surface area contributed by atoms with Gasteiger partial charge in [0.1, 0.15) is 5.75 Å². The number of carbonyl (C=O) groups excluding carboxylic acids is 3. The average molecular weight is 348 g/mol. The first-order valence-electron chi connectivity index (χ1n) is 8.61. The third kappa shape index (κ3) is 1.46. The molecule has 2 aliphatic carbocycles. The van der Waals surface area contributed by atoms with Crippen LogP contribution in [-0.2, 0) is 20.7 Å². The summed E-state index contributed by atoms with van der Waals surface area (Å²) in [5.74, 6) is -1.65. The Morgan fingerprint density at radius 1 is 1.12 bits per heavy atom. The number of hydrogen-bond donors (Lipinski definition) is 0. The van der Waals surface area contributed by atoms with E-state index in [4.69, 9.17) is 9.47 Å². The Hall–Kier alpha value is -2.95. The molecule has 0 radical (unpaired) electrons. The van der Waals surface area contributed by atoms with Crippen LogP contribution in [0.25, 0.3) is 0 Å². The molecule has 1 aliphatic heterocycles. The van der Waals surface area contributed by atoms with Crippen LogP contribution in [0.2, 0.25) is 0 Å².